The zero-order chi connectivity index (χ0) is 22.3. The third kappa shape index (κ3) is 5.51. The Morgan fingerprint density at radius 2 is 1.88 bits per heavy atom. The molecule has 0 saturated carbocycles. The number of ether oxygens (including phenoxy) is 1. The number of carbonyl (C=O) groups is 1. The Kier molecular flexibility index (Phi) is 6.79. The summed E-state index contributed by atoms with van der Waals surface area (Å²) >= 11 is 7.42. The molecule has 160 valence electrons. The maximum absolute atomic E-state index is 12.4. The van der Waals surface area contributed by atoms with Crippen LogP contribution in [-0.4, -0.2) is 24.2 Å². The summed E-state index contributed by atoms with van der Waals surface area (Å²) in [6, 6.07) is 22.1. The van der Waals surface area contributed by atoms with Crippen molar-refractivity contribution < 1.29 is 9.53 Å². The number of rotatable bonds is 7. The molecule has 1 heterocycles. The zero-order valence-corrected chi connectivity index (χ0v) is 18.7. The van der Waals surface area contributed by atoms with Gasteiger partial charge in [0.25, 0.3) is 5.91 Å². The number of halogens is 1. The summed E-state index contributed by atoms with van der Waals surface area (Å²) in [7, 11) is 1.60. The van der Waals surface area contributed by atoms with Crippen LogP contribution in [0.5, 0.6) is 5.75 Å². The molecule has 0 atom stereocenters. The molecule has 0 saturated heterocycles. The molecule has 8 heteroatoms. The molecule has 0 radical (unpaired) electrons. The number of methoxy groups -OCH3 is 1. The summed E-state index contributed by atoms with van der Waals surface area (Å²) in [6.45, 7) is 0. The molecular weight excluding hydrogens is 444 g/mol. The second-order valence-corrected chi connectivity index (χ2v) is 8.02. The lowest BCUT2D eigenvalue weighted by molar-refractivity contribution is 0.0955. The third-order valence-corrected chi connectivity index (χ3v) is 5.53. The Morgan fingerprint density at radius 1 is 1.09 bits per heavy atom. The number of benzene rings is 3. The van der Waals surface area contributed by atoms with E-state index in [1.54, 1.807) is 25.5 Å². The summed E-state index contributed by atoms with van der Waals surface area (Å²) in [5.41, 5.74) is 6.53. The van der Waals surface area contributed by atoms with Gasteiger partial charge in [0.1, 0.15) is 5.75 Å². The van der Waals surface area contributed by atoms with Gasteiger partial charge in [-0.3, -0.25) is 4.79 Å². The van der Waals surface area contributed by atoms with Crippen molar-refractivity contribution in [1.82, 2.24) is 10.4 Å². The zero-order valence-electron chi connectivity index (χ0n) is 17.1. The summed E-state index contributed by atoms with van der Waals surface area (Å²) in [6.07, 6.45) is 1.57. The highest BCUT2D eigenvalue weighted by Gasteiger charge is 2.08. The van der Waals surface area contributed by atoms with E-state index in [9.17, 15) is 4.79 Å². The standard InChI is InChI=1S/C24H19ClN4O2S/c1-31-21-4-2-3-16(13-21)14-26-29-23(30)18-7-5-17(6-8-18)22-15-32-24(28-22)27-20-11-9-19(25)10-12-20/h2-15H,1H3,(H,27,28)(H,29,30)/b26-14-. The fourth-order valence-corrected chi connectivity index (χ4v) is 3.73. The van der Waals surface area contributed by atoms with E-state index in [1.165, 1.54) is 11.3 Å². The minimum absolute atomic E-state index is 0.293. The number of carbonyl (C=O) groups excluding carboxylic acids is 1. The van der Waals surface area contributed by atoms with Crippen molar-refractivity contribution in [3.63, 3.8) is 0 Å². The molecule has 0 aliphatic heterocycles. The molecule has 0 spiro atoms. The minimum Gasteiger partial charge on any atom is -0.497 e. The van der Waals surface area contributed by atoms with Gasteiger partial charge in [-0.2, -0.15) is 5.10 Å². The van der Waals surface area contributed by atoms with Gasteiger partial charge < -0.3 is 10.1 Å². The van der Waals surface area contributed by atoms with E-state index in [4.69, 9.17) is 16.3 Å². The van der Waals surface area contributed by atoms with Crippen LogP contribution in [0.4, 0.5) is 10.8 Å². The molecule has 3 aromatic carbocycles. The number of thiazole rings is 1. The van der Waals surface area contributed by atoms with E-state index in [-0.39, 0.29) is 5.91 Å². The number of hydrogen-bond donors (Lipinski definition) is 2. The molecule has 0 bridgehead atoms. The van der Waals surface area contributed by atoms with Gasteiger partial charge in [-0.15, -0.1) is 11.3 Å². The van der Waals surface area contributed by atoms with E-state index in [1.807, 2.05) is 66.0 Å². The van der Waals surface area contributed by atoms with Gasteiger partial charge in [0.05, 0.1) is 19.0 Å². The maximum Gasteiger partial charge on any atom is 0.271 e. The Balaban J connectivity index is 1.37. The molecule has 1 amide bonds. The Bertz CT molecular complexity index is 1240. The number of hydrogen-bond acceptors (Lipinski definition) is 6. The van der Waals surface area contributed by atoms with Crippen LogP contribution in [0, 0.1) is 0 Å². The smallest absolute Gasteiger partial charge is 0.271 e. The molecule has 4 aromatic rings. The Hall–Kier alpha value is -3.68. The largest absolute Gasteiger partial charge is 0.497 e. The topological polar surface area (TPSA) is 75.6 Å². The second-order valence-electron chi connectivity index (χ2n) is 6.72. The summed E-state index contributed by atoms with van der Waals surface area (Å²) < 4.78 is 5.17. The average Bonchev–Trinajstić information content (AvgIpc) is 3.29. The Morgan fingerprint density at radius 3 is 2.62 bits per heavy atom. The van der Waals surface area contributed by atoms with Crippen molar-refractivity contribution in [1.29, 1.82) is 0 Å². The number of anilines is 2. The van der Waals surface area contributed by atoms with Crippen molar-refractivity contribution in [2.45, 2.75) is 0 Å². The van der Waals surface area contributed by atoms with Gasteiger partial charge in [0, 0.05) is 27.2 Å². The van der Waals surface area contributed by atoms with Gasteiger partial charge >= 0.3 is 0 Å². The third-order valence-electron chi connectivity index (χ3n) is 4.52. The second kappa shape index (κ2) is 10.1. The van der Waals surface area contributed by atoms with Gasteiger partial charge in [-0.25, -0.2) is 10.4 Å². The van der Waals surface area contributed by atoms with Crippen LogP contribution in [0.15, 0.2) is 83.3 Å². The molecule has 1 aromatic heterocycles. The first-order valence-corrected chi connectivity index (χ1v) is 10.9. The molecule has 6 nitrogen and oxygen atoms in total. The predicted octanol–water partition coefficient (Wildman–Crippen LogP) is 5.98. The number of nitrogens with one attached hydrogen (secondary N) is 2. The van der Waals surface area contributed by atoms with Crippen LogP contribution < -0.4 is 15.5 Å². The number of nitrogens with zero attached hydrogens (tertiary/aromatic N) is 2. The van der Waals surface area contributed by atoms with Crippen molar-refractivity contribution >= 4 is 45.9 Å². The van der Waals surface area contributed by atoms with Crippen LogP contribution in [0.1, 0.15) is 15.9 Å². The van der Waals surface area contributed by atoms with Gasteiger partial charge in [-0.1, -0.05) is 35.9 Å². The fourth-order valence-electron chi connectivity index (χ4n) is 2.86. The van der Waals surface area contributed by atoms with Crippen LogP contribution in [0.25, 0.3) is 11.3 Å². The quantitative estimate of drug-likeness (QED) is 0.261. The summed E-state index contributed by atoms with van der Waals surface area (Å²) in [5.74, 6) is 0.434. The molecule has 2 N–H and O–H groups in total. The molecule has 0 aliphatic rings. The predicted molar refractivity (Wildman–Crippen MR) is 130 cm³/mol. The molecule has 4 rings (SSSR count). The lowest BCUT2D eigenvalue weighted by atomic mass is 10.1. The number of amides is 1. The van der Waals surface area contributed by atoms with Crippen molar-refractivity contribution in [2.75, 3.05) is 12.4 Å². The summed E-state index contributed by atoms with van der Waals surface area (Å²) in [4.78, 5) is 17.0. The first kappa shape index (κ1) is 21.5. The maximum atomic E-state index is 12.4. The molecule has 32 heavy (non-hydrogen) atoms. The normalized spacial score (nSPS) is 10.8. The van der Waals surface area contributed by atoms with Crippen molar-refractivity contribution in [3.8, 4) is 17.0 Å². The molecule has 0 unspecified atom stereocenters. The summed E-state index contributed by atoms with van der Waals surface area (Å²) in [5, 5.41) is 10.7. The van der Waals surface area contributed by atoms with E-state index >= 15 is 0 Å². The fraction of sp³-hybridized carbons (Fsp3) is 0.0417. The SMILES string of the molecule is COc1cccc(/C=N\NC(=O)c2ccc(-c3csc(Nc4ccc(Cl)cc4)n3)cc2)c1. The van der Waals surface area contributed by atoms with Crippen LogP contribution >= 0.6 is 22.9 Å². The van der Waals surface area contributed by atoms with Gasteiger partial charge in [0.2, 0.25) is 0 Å². The van der Waals surface area contributed by atoms with Crippen molar-refractivity contribution in [3.05, 3.63) is 94.3 Å². The van der Waals surface area contributed by atoms with Crippen molar-refractivity contribution in [2.24, 2.45) is 5.10 Å². The monoisotopic (exact) mass is 462 g/mol. The van der Waals surface area contributed by atoms with E-state index in [0.29, 0.717) is 10.6 Å². The first-order valence-electron chi connectivity index (χ1n) is 9.67. The minimum atomic E-state index is -0.293. The molecule has 0 aliphatic carbocycles. The average molecular weight is 463 g/mol. The highest BCUT2D eigenvalue weighted by atomic mass is 35.5. The van der Waals surface area contributed by atoms with E-state index in [2.05, 4.69) is 20.8 Å². The van der Waals surface area contributed by atoms with Crippen LogP contribution in [-0.2, 0) is 0 Å². The highest BCUT2D eigenvalue weighted by molar-refractivity contribution is 7.14. The van der Waals surface area contributed by atoms with E-state index < -0.39 is 0 Å². The lowest BCUT2D eigenvalue weighted by Gasteiger charge is -2.03. The molecule has 0 fully saturated rings. The van der Waals surface area contributed by atoms with Gasteiger partial charge in [0.15, 0.2) is 5.13 Å². The number of aromatic nitrogens is 1. The van der Waals surface area contributed by atoms with Crippen LogP contribution in [0.3, 0.4) is 0 Å². The number of hydrazone groups is 1. The first-order chi connectivity index (χ1) is 15.6. The van der Waals surface area contributed by atoms with Crippen LogP contribution in [0.2, 0.25) is 5.02 Å². The highest BCUT2D eigenvalue weighted by Crippen LogP contribution is 2.27. The molecular formula is C24H19ClN4O2S. The lowest BCUT2D eigenvalue weighted by Crippen LogP contribution is -2.17. The Labute approximate surface area is 194 Å². The van der Waals surface area contributed by atoms with E-state index in [0.717, 1.165) is 33.4 Å². The van der Waals surface area contributed by atoms with Gasteiger partial charge in [-0.05, 0) is 54.1 Å².